The standard InChI is InChI=1S/C25H43N5O5Si2/c1-24(2,3)36(7,8)21-17(13-20(31)32)18(14-34-37(9,10)25(4,5)6)35-22(21)29-12-11-19(28-23(29)33)30-16-26-15-27-30/h11-12,15-18,21-22H,13-14H2,1-10H3,(H,31,32)/t17-,18-,21-,22-/m1/s1. The van der Waals surface area contributed by atoms with Crippen LogP contribution in [0.1, 0.15) is 54.2 Å². The molecule has 206 valence electrons. The van der Waals surface area contributed by atoms with Crippen molar-refractivity contribution < 1.29 is 19.1 Å². The van der Waals surface area contributed by atoms with Crippen molar-refractivity contribution in [2.75, 3.05) is 6.61 Å². The van der Waals surface area contributed by atoms with E-state index in [1.165, 1.54) is 21.9 Å². The predicted molar refractivity (Wildman–Crippen MR) is 147 cm³/mol. The summed E-state index contributed by atoms with van der Waals surface area (Å²) < 4.78 is 16.1. The fraction of sp³-hybridized carbons (Fsp3) is 0.720. The highest BCUT2D eigenvalue weighted by Gasteiger charge is 2.57. The van der Waals surface area contributed by atoms with Crippen molar-refractivity contribution in [3.63, 3.8) is 0 Å². The van der Waals surface area contributed by atoms with Crippen LogP contribution in [0.4, 0.5) is 0 Å². The number of carboxylic acids is 1. The molecule has 0 spiro atoms. The number of hydrogen-bond acceptors (Lipinski definition) is 7. The maximum absolute atomic E-state index is 13.3. The lowest BCUT2D eigenvalue weighted by Gasteiger charge is -2.45. The molecule has 10 nitrogen and oxygen atoms in total. The lowest BCUT2D eigenvalue weighted by atomic mass is 9.96. The third-order valence-corrected chi connectivity index (χ3v) is 19.6. The molecule has 0 aromatic carbocycles. The molecule has 1 aliphatic rings. The van der Waals surface area contributed by atoms with Gasteiger partial charge in [0.15, 0.2) is 14.1 Å². The van der Waals surface area contributed by atoms with Gasteiger partial charge in [-0.05, 0) is 29.2 Å². The van der Waals surface area contributed by atoms with E-state index in [1.54, 1.807) is 12.3 Å². The van der Waals surface area contributed by atoms with Gasteiger partial charge in [-0.2, -0.15) is 10.1 Å². The zero-order valence-electron chi connectivity index (χ0n) is 23.8. The Morgan fingerprint density at radius 1 is 1.14 bits per heavy atom. The lowest BCUT2D eigenvalue weighted by molar-refractivity contribution is -0.138. The SMILES string of the molecule is CC(C)(C)[Si](C)(C)OC[C@H]1O[C@@H](n2ccc(-n3cncn3)nc2=O)[C@H]([Si](C)(C)C(C)(C)C)[C@@H]1CC(=O)O. The molecule has 12 heteroatoms. The van der Waals surface area contributed by atoms with Gasteiger partial charge in [0.05, 0.1) is 27.2 Å². The molecular weight excluding hydrogens is 506 g/mol. The molecule has 0 bridgehead atoms. The Labute approximate surface area is 221 Å². The van der Waals surface area contributed by atoms with Gasteiger partial charge in [0, 0.05) is 17.7 Å². The van der Waals surface area contributed by atoms with Crippen LogP contribution in [0.3, 0.4) is 0 Å². The van der Waals surface area contributed by atoms with Crippen LogP contribution >= 0.6 is 0 Å². The second-order valence-corrected chi connectivity index (χ2v) is 23.6. The zero-order chi connectivity index (χ0) is 28.0. The van der Waals surface area contributed by atoms with Crippen molar-refractivity contribution in [3.8, 4) is 5.82 Å². The molecule has 0 aliphatic carbocycles. The van der Waals surface area contributed by atoms with E-state index in [0.717, 1.165) is 0 Å². The normalized spacial score (nSPS) is 23.4. The van der Waals surface area contributed by atoms with Crippen molar-refractivity contribution in [3.05, 3.63) is 35.4 Å². The van der Waals surface area contributed by atoms with Crippen molar-refractivity contribution in [1.29, 1.82) is 0 Å². The van der Waals surface area contributed by atoms with Crippen molar-refractivity contribution in [2.24, 2.45) is 5.92 Å². The quantitative estimate of drug-likeness (QED) is 0.470. The summed E-state index contributed by atoms with van der Waals surface area (Å²) in [5, 5.41) is 13.9. The summed E-state index contributed by atoms with van der Waals surface area (Å²) in [6.07, 6.45) is 3.40. The summed E-state index contributed by atoms with van der Waals surface area (Å²) in [6.45, 7) is 22.3. The number of rotatable bonds is 8. The number of carbonyl (C=O) groups is 1. The summed E-state index contributed by atoms with van der Waals surface area (Å²) in [5.74, 6) is -0.808. The van der Waals surface area contributed by atoms with Crippen molar-refractivity contribution in [1.82, 2.24) is 24.3 Å². The van der Waals surface area contributed by atoms with Gasteiger partial charge in [-0.15, -0.1) is 0 Å². The minimum Gasteiger partial charge on any atom is -0.481 e. The molecule has 1 N–H and O–H groups in total. The first-order valence-electron chi connectivity index (χ1n) is 12.8. The molecule has 1 saturated heterocycles. The van der Waals surface area contributed by atoms with Gasteiger partial charge < -0.3 is 14.3 Å². The maximum Gasteiger partial charge on any atom is 0.351 e. The highest BCUT2D eigenvalue weighted by atomic mass is 28.4. The molecular formula is C25H43N5O5Si2. The summed E-state index contributed by atoms with van der Waals surface area (Å²) in [4.78, 5) is 33.6. The van der Waals surface area contributed by atoms with E-state index < -0.39 is 40.4 Å². The largest absolute Gasteiger partial charge is 0.481 e. The van der Waals surface area contributed by atoms with Crippen molar-refractivity contribution >= 4 is 22.4 Å². The van der Waals surface area contributed by atoms with Crippen molar-refractivity contribution in [2.45, 2.75) is 102 Å². The summed E-state index contributed by atoms with van der Waals surface area (Å²) in [6, 6.07) is 1.70. The number of ether oxygens (including phenoxy) is 1. The first-order valence-corrected chi connectivity index (χ1v) is 18.8. The summed E-state index contributed by atoms with van der Waals surface area (Å²) >= 11 is 0. The van der Waals surface area contributed by atoms with E-state index in [9.17, 15) is 14.7 Å². The Balaban J connectivity index is 2.08. The molecule has 0 unspecified atom stereocenters. The Hall–Kier alpha value is -2.16. The van der Waals surface area contributed by atoms with E-state index in [2.05, 4.69) is 82.8 Å². The molecule has 2 aromatic rings. The smallest absolute Gasteiger partial charge is 0.351 e. The number of nitrogens with zero attached hydrogens (tertiary/aromatic N) is 5. The molecule has 3 heterocycles. The summed E-state index contributed by atoms with van der Waals surface area (Å²) in [5.41, 5.74) is -0.616. The molecule has 1 aliphatic heterocycles. The molecule has 3 rings (SSSR count). The van der Waals surface area contributed by atoms with E-state index in [-0.39, 0.29) is 28.0 Å². The van der Waals surface area contributed by atoms with Gasteiger partial charge >= 0.3 is 11.7 Å². The second kappa shape index (κ2) is 10.2. The van der Waals surface area contributed by atoms with Crippen LogP contribution in [0.5, 0.6) is 0 Å². The Morgan fingerprint density at radius 2 is 1.78 bits per heavy atom. The average Bonchev–Trinajstić information content (AvgIpc) is 3.39. The van der Waals surface area contributed by atoms with Crippen LogP contribution < -0.4 is 5.69 Å². The molecule has 4 atom stereocenters. The maximum atomic E-state index is 13.3. The molecule has 1 fully saturated rings. The van der Waals surface area contributed by atoms with E-state index >= 15 is 0 Å². The first-order chi connectivity index (χ1) is 16.9. The highest BCUT2D eigenvalue weighted by molar-refractivity contribution is 6.81. The first kappa shape index (κ1) is 29.4. The average molecular weight is 550 g/mol. The number of aromatic nitrogens is 5. The summed E-state index contributed by atoms with van der Waals surface area (Å²) in [7, 11) is -4.35. The zero-order valence-corrected chi connectivity index (χ0v) is 25.8. The Morgan fingerprint density at radius 3 is 2.27 bits per heavy atom. The van der Waals surface area contributed by atoms with Gasteiger partial charge in [0.1, 0.15) is 18.9 Å². The second-order valence-electron chi connectivity index (χ2n) is 13.2. The fourth-order valence-corrected chi connectivity index (χ4v) is 8.99. The topological polar surface area (TPSA) is 121 Å². The van der Waals surface area contributed by atoms with Crippen LogP contribution in [0.15, 0.2) is 29.7 Å². The molecule has 0 saturated carbocycles. The molecule has 2 aromatic heterocycles. The third-order valence-electron chi connectivity index (χ3n) is 8.89. The van der Waals surface area contributed by atoms with Gasteiger partial charge in [-0.25, -0.2) is 14.5 Å². The number of carboxylic acid groups (broad SMARTS) is 1. The van der Waals surface area contributed by atoms with E-state index in [1.807, 2.05) is 0 Å². The third kappa shape index (κ3) is 5.97. The van der Waals surface area contributed by atoms with E-state index in [4.69, 9.17) is 9.16 Å². The Kier molecular flexibility index (Phi) is 8.10. The minimum atomic E-state index is -2.24. The van der Waals surface area contributed by atoms with Crippen LogP contribution in [-0.2, 0) is 14.0 Å². The number of aliphatic carboxylic acids is 1. The Bertz CT molecular complexity index is 1150. The van der Waals surface area contributed by atoms with Gasteiger partial charge in [-0.3, -0.25) is 9.36 Å². The minimum absolute atomic E-state index is 0.00415. The monoisotopic (exact) mass is 549 g/mol. The fourth-order valence-electron chi connectivity index (χ4n) is 4.62. The molecule has 37 heavy (non-hydrogen) atoms. The predicted octanol–water partition coefficient (Wildman–Crippen LogP) is 4.71. The van der Waals surface area contributed by atoms with Gasteiger partial charge in [0.25, 0.3) is 0 Å². The number of hydrogen-bond donors (Lipinski definition) is 1. The molecule has 0 amide bonds. The van der Waals surface area contributed by atoms with Crippen LogP contribution in [-0.4, -0.2) is 64.5 Å². The van der Waals surface area contributed by atoms with Crippen LogP contribution in [0, 0.1) is 5.92 Å². The van der Waals surface area contributed by atoms with Crippen LogP contribution in [0.2, 0.25) is 41.8 Å². The van der Waals surface area contributed by atoms with Gasteiger partial charge in [0.2, 0.25) is 0 Å². The highest BCUT2D eigenvalue weighted by Crippen LogP contribution is 2.57. The van der Waals surface area contributed by atoms with Gasteiger partial charge in [-0.1, -0.05) is 54.6 Å². The molecule has 0 radical (unpaired) electrons. The van der Waals surface area contributed by atoms with Crippen LogP contribution in [0.25, 0.3) is 5.82 Å². The van der Waals surface area contributed by atoms with E-state index in [0.29, 0.717) is 12.4 Å². The lowest BCUT2D eigenvalue weighted by Crippen LogP contribution is -2.48.